The predicted molar refractivity (Wildman–Crippen MR) is 75.7 cm³/mol. The van der Waals surface area contributed by atoms with E-state index in [0.717, 1.165) is 0 Å². The van der Waals surface area contributed by atoms with Gasteiger partial charge in [-0.05, 0) is 31.9 Å². The molecule has 0 amide bonds. The number of carbonyl (C=O) groups is 1. The van der Waals surface area contributed by atoms with Crippen molar-refractivity contribution in [3.05, 3.63) is 29.8 Å². The van der Waals surface area contributed by atoms with Gasteiger partial charge in [-0.2, -0.15) is 4.31 Å². The van der Waals surface area contributed by atoms with E-state index in [0.29, 0.717) is 5.56 Å². The van der Waals surface area contributed by atoms with Crippen molar-refractivity contribution < 1.29 is 13.2 Å². The van der Waals surface area contributed by atoms with Gasteiger partial charge in [-0.1, -0.05) is 26.0 Å². The van der Waals surface area contributed by atoms with Crippen molar-refractivity contribution in [1.82, 2.24) is 4.31 Å². The van der Waals surface area contributed by atoms with Gasteiger partial charge in [0.05, 0.1) is 4.90 Å². The monoisotopic (exact) mass is 283 g/mol. The van der Waals surface area contributed by atoms with Crippen LogP contribution >= 0.6 is 0 Å². The van der Waals surface area contributed by atoms with Crippen molar-refractivity contribution in [3.63, 3.8) is 0 Å². The summed E-state index contributed by atoms with van der Waals surface area (Å²) in [6, 6.07) is 5.97. The van der Waals surface area contributed by atoms with Gasteiger partial charge >= 0.3 is 0 Å². The average molecular weight is 283 g/mol. The van der Waals surface area contributed by atoms with Gasteiger partial charge in [0.25, 0.3) is 0 Å². The third-order valence-corrected chi connectivity index (χ3v) is 5.43. The normalized spacial score (nSPS) is 13.8. The number of Topliss-reactive ketones (excluding diaryl/α,β-unsaturated/α-hetero) is 1. The molecule has 1 unspecified atom stereocenters. The molecule has 0 saturated heterocycles. The Balaban J connectivity index is 3.10. The zero-order valence-corrected chi connectivity index (χ0v) is 12.9. The van der Waals surface area contributed by atoms with Gasteiger partial charge in [-0.25, -0.2) is 8.42 Å². The predicted octanol–water partition coefficient (Wildman–Crippen LogP) is 2.55. The second-order valence-electron chi connectivity index (χ2n) is 5.09. The molecule has 0 aliphatic carbocycles. The van der Waals surface area contributed by atoms with Gasteiger partial charge in [-0.3, -0.25) is 4.79 Å². The van der Waals surface area contributed by atoms with E-state index in [1.54, 1.807) is 19.2 Å². The first-order valence-electron chi connectivity index (χ1n) is 6.27. The Morgan fingerprint density at radius 1 is 1.11 bits per heavy atom. The number of carbonyl (C=O) groups excluding carboxylic acids is 1. The molecule has 19 heavy (non-hydrogen) atoms. The van der Waals surface area contributed by atoms with Crippen LogP contribution in [0.3, 0.4) is 0 Å². The molecule has 0 aliphatic rings. The highest BCUT2D eigenvalue weighted by atomic mass is 32.2. The molecule has 0 radical (unpaired) electrons. The number of rotatable bonds is 5. The first-order chi connectivity index (χ1) is 8.67. The highest BCUT2D eigenvalue weighted by molar-refractivity contribution is 7.89. The van der Waals surface area contributed by atoms with Gasteiger partial charge in [0.2, 0.25) is 10.0 Å². The molecule has 0 heterocycles. The summed E-state index contributed by atoms with van der Waals surface area (Å²) in [5.41, 5.74) is 0.513. The van der Waals surface area contributed by atoms with Crippen molar-refractivity contribution in [2.24, 2.45) is 5.92 Å². The Morgan fingerprint density at radius 3 is 1.95 bits per heavy atom. The Morgan fingerprint density at radius 2 is 1.58 bits per heavy atom. The molecular formula is C14H21NO3S. The van der Waals surface area contributed by atoms with Crippen LogP contribution < -0.4 is 0 Å². The maximum atomic E-state index is 12.4. The average Bonchev–Trinajstić information content (AvgIpc) is 2.36. The van der Waals surface area contributed by atoms with Gasteiger partial charge < -0.3 is 0 Å². The van der Waals surface area contributed by atoms with Crippen LogP contribution in [-0.4, -0.2) is 31.6 Å². The van der Waals surface area contributed by atoms with E-state index >= 15 is 0 Å². The summed E-state index contributed by atoms with van der Waals surface area (Å²) in [4.78, 5) is 11.4. The first-order valence-corrected chi connectivity index (χ1v) is 7.71. The quantitative estimate of drug-likeness (QED) is 0.780. The van der Waals surface area contributed by atoms with Crippen LogP contribution in [0, 0.1) is 5.92 Å². The van der Waals surface area contributed by atoms with Crippen molar-refractivity contribution in [1.29, 1.82) is 0 Å². The highest BCUT2D eigenvalue weighted by Gasteiger charge is 2.26. The van der Waals surface area contributed by atoms with E-state index in [-0.39, 0.29) is 22.6 Å². The number of ketones is 1. The minimum atomic E-state index is -3.50. The fourth-order valence-corrected chi connectivity index (χ4v) is 3.16. The van der Waals surface area contributed by atoms with Gasteiger partial charge in [0.15, 0.2) is 5.78 Å². The number of benzene rings is 1. The number of hydrogen-bond acceptors (Lipinski definition) is 3. The van der Waals surface area contributed by atoms with E-state index in [4.69, 9.17) is 0 Å². The smallest absolute Gasteiger partial charge is 0.243 e. The summed E-state index contributed by atoms with van der Waals surface area (Å²) in [6.45, 7) is 7.30. The Hall–Kier alpha value is -1.20. The molecule has 0 fully saturated rings. The van der Waals surface area contributed by atoms with E-state index in [9.17, 15) is 13.2 Å². The fraction of sp³-hybridized carbons (Fsp3) is 0.500. The number of nitrogens with zero attached hydrogens (tertiary/aromatic N) is 1. The summed E-state index contributed by atoms with van der Waals surface area (Å²) in [7, 11) is -1.92. The molecule has 4 nitrogen and oxygen atoms in total. The molecule has 1 atom stereocenters. The van der Waals surface area contributed by atoms with Crippen LogP contribution in [0.1, 0.15) is 38.1 Å². The molecular weight excluding hydrogens is 262 g/mol. The zero-order valence-electron chi connectivity index (χ0n) is 12.0. The molecule has 1 rings (SSSR count). The Labute approximate surface area is 115 Å². The molecule has 0 aromatic heterocycles. The van der Waals surface area contributed by atoms with Gasteiger partial charge in [-0.15, -0.1) is 0 Å². The standard InChI is InChI=1S/C14H21NO3S/c1-10(2)11(3)15(5)19(17,18)14-8-6-13(7-9-14)12(4)16/h6-11H,1-5H3. The number of sulfonamides is 1. The molecule has 0 N–H and O–H groups in total. The lowest BCUT2D eigenvalue weighted by Gasteiger charge is -2.27. The van der Waals surface area contributed by atoms with Crippen LogP contribution in [0.4, 0.5) is 0 Å². The van der Waals surface area contributed by atoms with Gasteiger partial charge in [0, 0.05) is 18.7 Å². The fourth-order valence-electron chi connectivity index (χ4n) is 1.67. The molecule has 106 valence electrons. The molecule has 0 spiro atoms. The van der Waals surface area contributed by atoms with Crippen LogP contribution in [0.2, 0.25) is 0 Å². The third kappa shape index (κ3) is 3.42. The SMILES string of the molecule is CC(=O)c1ccc(S(=O)(=O)N(C)C(C)C(C)C)cc1. The van der Waals surface area contributed by atoms with Crippen LogP contribution in [0.25, 0.3) is 0 Å². The highest BCUT2D eigenvalue weighted by Crippen LogP contribution is 2.20. The van der Waals surface area contributed by atoms with Crippen molar-refractivity contribution in [2.75, 3.05) is 7.05 Å². The van der Waals surface area contributed by atoms with Crippen LogP contribution in [-0.2, 0) is 10.0 Å². The van der Waals surface area contributed by atoms with Crippen LogP contribution in [0.15, 0.2) is 29.2 Å². The largest absolute Gasteiger partial charge is 0.295 e. The molecule has 5 heteroatoms. The van der Waals surface area contributed by atoms with Crippen molar-refractivity contribution in [2.45, 2.75) is 38.6 Å². The first kappa shape index (κ1) is 15.9. The molecule has 0 bridgehead atoms. The summed E-state index contributed by atoms with van der Waals surface area (Å²) < 4.78 is 26.2. The summed E-state index contributed by atoms with van der Waals surface area (Å²) in [5.74, 6) is 0.157. The Bertz CT molecular complexity index is 547. The summed E-state index contributed by atoms with van der Waals surface area (Å²) >= 11 is 0. The lowest BCUT2D eigenvalue weighted by Crippen LogP contribution is -2.38. The van der Waals surface area contributed by atoms with Gasteiger partial charge in [0.1, 0.15) is 0 Å². The minimum Gasteiger partial charge on any atom is -0.295 e. The summed E-state index contributed by atoms with van der Waals surface area (Å²) in [5, 5.41) is 0. The Kier molecular flexibility index (Phi) is 4.87. The summed E-state index contributed by atoms with van der Waals surface area (Å²) in [6.07, 6.45) is 0. The van der Waals surface area contributed by atoms with Crippen molar-refractivity contribution in [3.8, 4) is 0 Å². The molecule has 0 aliphatic heterocycles. The van der Waals surface area contributed by atoms with E-state index in [2.05, 4.69) is 0 Å². The third-order valence-electron chi connectivity index (χ3n) is 3.48. The second-order valence-corrected chi connectivity index (χ2v) is 7.08. The maximum absolute atomic E-state index is 12.4. The minimum absolute atomic E-state index is 0.0761. The topological polar surface area (TPSA) is 54.5 Å². The second kappa shape index (κ2) is 5.84. The van der Waals surface area contributed by atoms with Crippen LogP contribution in [0.5, 0.6) is 0 Å². The number of hydrogen-bond donors (Lipinski definition) is 0. The van der Waals surface area contributed by atoms with Crippen molar-refractivity contribution >= 4 is 15.8 Å². The molecule has 1 aromatic carbocycles. The zero-order chi connectivity index (χ0) is 14.8. The maximum Gasteiger partial charge on any atom is 0.243 e. The molecule has 0 saturated carbocycles. The lowest BCUT2D eigenvalue weighted by atomic mass is 10.1. The van der Waals surface area contributed by atoms with E-state index in [1.165, 1.54) is 23.4 Å². The van der Waals surface area contributed by atoms with E-state index in [1.807, 2.05) is 20.8 Å². The lowest BCUT2D eigenvalue weighted by molar-refractivity contribution is 0.101. The molecule has 1 aromatic rings. The van der Waals surface area contributed by atoms with E-state index < -0.39 is 10.0 Å².